The minimum atomic E-state index is 0. The molecule has 0 bridgehead atoms. The summed E-state index contributed by atoms with van der Waals surface area (Å²) in [6.45, 7) is 3.73. The smallest absolute Gasteiger partial charge is 0.351 e. The Morgan fingerprint density at radius 1 is 1.09 bits per heavy atom. The topological polar surface area (TPSA) is 0 Å². The molecule has 0 aliphatic rings. The molecule has 0 saturated heterocycles. The fraction of sp³-hybridized carbons (Fsp3) is 0.111. The van der Waals surface area contributed by atoms with E-state index >= 15 is 0 Å². The van der Waals surface area contributed by atoms with Crippen LogP contribution < -0.4 is 37.7 Å². The van der Waals surface area contributed by atoms with Gasteiger partial charge in [-0.15, -0.1) is 12.1 Å². The summed E-state index contributed by atoms with van der Waals surface area (Å²) in [6, 6.07) is 10.2. The van der Waals surface area contributed by atoms with Gasteiger partial charge in [0, 0.05) is 0 Å². The fourth-order valence-electron chi connectivity index (χ4n) is 0.756. The van der Waals surface area contributed by atoms with Gasteiger partial charge in [-0.1, -0.05) is 6.07 Å². The van der Waals surface area contributed by atoms with Crippen LogP contribution in [-0.2, 0) is 0 Å². The first kappa shape index (κ1) is 13.8. The van der Waals surface area contributed by atoms with E-state index < -0.39 is 0 Å². The van der Waals surface area contributed by atoms with E-state index in [1.54, 1.807) is 0 Å². The van der Waals surface area contributed by atoms with Gasteiger partial charge in [-0.05, 0) is 0 Å². The summed E-state index contributed by atoms with van der Waals surface area (Å²) < 4.78 is 0. The van der Waals surface area contributed by atoms with Gasteiger partial charge in [0.15, 0.2) is 0 Å². The van der Waals surface area contributed by atoms with Crippen LogP contribution >= 0.6 is 0 Å². The Kier molecular flexibility index (Phi) is 10.6. The Morgan fingerprint density at radius 2 is 1.64 bits per heavy atom. The first-order chi connectivity index (χ1) is 4.43. The van der Waals surface area contributed by atoms with Crippen LogP contribution in [0.2, 0.25) is 0 Å². The van der Waals surface area contributed by atoms with Gasteiger partial charge in [0.25, 0.3) is 0 Å². The number of hydrogen-bond acceptors (Lipinski definition) is 0. The van der Waals surface area contributed by atoms with Crippen LogP contribution in [0.4, 0.5) is 0 Å². The van der Waals surface area contributed by atoms with E-state index in [0.717, 1.165) is 6.42 Å². The van der Waals surface area contributed by atoms with Crippen LogP contribution in [0.1, 0.15) is 12.0 Å². The molecule has 1 rings (SSSR count). The summed E-state index contributed by atoms with van der Waals surface area (Å²) in [4.78, 5) is 0. The second-order valence-corrected chi connectivity index (χ2v) is 1.90. The van der Waals surface area contributed by atoms with Crippen LogP contribution in [0.5, 0.6) is 0 Å². The minimum Gasteiger partial charge on any atom is -0.351 e. The van der Waals surface area contributed by atoms with Crippen molar-refractivity contribution in [1.29, 1.82) is 0 Å². The molecular formula is C9H10Li2. The van der Waals surface area contributed by atoms with E-state index in [1.165, 1.54) is 5.56 Å². The van der Waals surface area contributed by atoms with Crippen molar-refractivity contribution >= 4 is 0 Å². The van der Waals surface area contributed by atoms with Gasteiger partial charge in [-0.3, -0.25) is 0 Å². The van der Waals surface area contributed by atoms with Gasteiger partial charge in [0.1, 0.15) is 0 Å². The predicted molar refractivity (Wildman–Crippen MR) is 39.8 cm³/mol. The van der Waals surface area contributed by atoms with E-state index in [0.29, 0.717) is 0 Å². The molecule has 0 saturated carbocycles. The van der Waals surface area contributed by atoms with Crippen molar-refractivity contribution < 1.29 is 37.7 Å². The monoisotopic (exact) mass is 132 g/mol. The second kappa shape index (κ2) is 8.38. The minimum absolute atomic E-state index is 0. The molecule has 0 fully saturated rings. The van der Waals surface area contributed by atoms with Gasteiger partial charge in [0.05, 0.1) is 0 Å². The normalized spacial score (nSPS) is 7.36. The maximum absolute atomic E-state index is 3.73. The Hall–Kier alpha value is 0.285. The largest absolute Gasteiger partial charge is 1.00 e. The quantitative estimate of drug-likeness (QED) is 0.289. The molecule has 0 unspecified atom stereocenters. The molecule has 0 radical (unpaired) electrons. The standard InChI is InChI=1S/C9H10.2Li/c1-2-6-9-7-4-3-5-8-9;;/h3-8H,1-2H2;;/q-2;2*+1. The molecule has 0 amide bonds. The van der Waals surface area contributed by atoms with Gasteiger partial charge in [-0.2, -0.15) is 17.7 Å². The van der Waals surface area contributed by atoms with Crippen molar-refractivity contribution in [1.82, 2.24) is 0 Å². The summed E-state index contributed by atoms with van der Waals surface area (Å²) in [7, 11) is 0. The zero-order chi connectivity index (χ0) is 6.53. The third-order valence-electron chi connectivity index (χ3n) is 1.18. The van der Waals surface area contributed by atoms with Crippen LogP contribution in [-0.4, -0.2) is 0 Å². The number of rotatable bonds is 2. The molecule has 0 N–H and O–H groups in total. The molecule has 1 aromatic carbocycles. The average molecular weight is 132 g/mol. The molecule has 0 heterocycles. The summed E-state index contributed by atoms with van der Waals surface area (Å²) in [5.41, 5.74) is 1.26. The Labute approximate surface area is 93.1 Å². The molecule has 0 aliphatic carbocycles. The zero-order valence-electron chi connectivity index (χ0n) is 7.38. The third-order valence-corrected chi connectivity index (χ3v) is 1.18. The number of hydrogen-bond donors (Lipinski definition) is 0. The molecule has 2 heteroatoms. The maximum Gasteiger partial charge on any atom is 1.00 e. The van der Waals surface area contributed by atoms with E-state index in [1.807, 2.05) is 18.2 Å². The first-order valence-electron chi connectivity index (χ1n) is 3.11. The summed E-state index contributed by atoms with van der Waals surface area (Å²) in [5, 5.41) is 0. The average Bonchev–Trinajstić information content (AvgIpc) is 1.91. The van der Waals surface area contributed by atoms with Crippen LogP contribution in [0, 0.1) is 13.3 Å². The van der Waals surface area contributed by atoms with Gasteiger partial charge >= 0.3 is 37.7 Å². The van der Waals surface area contributed by atoms with Gasteiger partial charge < -0.3 is 6.92 Å². The van der Waals surface area contributed by atoms with E-state index in [-0.39, 0.29) is 37.7 Å². The molecule has 0 nitrogen and oxygen atoms in total. The Balaban J connectivity index is 0. The van der Waals surface area contributed by atoms with Crippen LogP contribution in [0.3, 0.4) is 0 Å². The van der Waals surface area contributed by atoms with Crippen molar-refractivity contribution in [2.45, 2.75) is 6.42 Å². The van der Waals surface area contributed by atoms with Crippen molar-refractivity contribution in [3.8, 4) is 0 Å². The van der Waals surface area contributed by atoms with E-state index in [2.05, 4.69) is 25.5 Å². The molecule has 0 aliphatic heterocycles. The predicted octanol–water partition coefficient (Wildman–Crippen LogP) is -3.53. The van der Waals surface area contributed by atoms with Crippen LogP contribution in [0.15, 0.2) is 30.3 Å². The van der Waals surface area contributed by atoms with Crippen molar-refractivity contribution in [2.24, 2.45) is 0 Å². The van der Waals surface area contributed by atoms with Gasteiger partial charge in [0.2, 0.25) is 0 Å². The molecule has 11 heavy (non-hydrogen) atoms. The van der Waals surface area contributed by atoms with Crippen molar-refractivity contribution in [3.63, 3.8) is 0 Å². The van der Waals surface area contributed by atoms with Crippen molar-refractivity contribution in [3.05, 3.63) is 49.2 Å². The van der Waals surface area contributed by atoms with Gasteiger partial charge in [-0.25, -0.2) is 12.8 Å². The van der Waals surface area contributed by atoms with Crippen molar-refractivity contribution in [2.75, 3.05) is 0 Å². The number of benzene rings is 1. The summed E-state index contributed by atoms with van der Waals surface area (Å²) >= 11 is 0. The summed E-state index contributed by atoms with van der Waals surface area (Å²) in [5.74, 6) is 0. The molecule has 1 aromatic rings. The zero-order valence-corrected chi connectivity index (χ0v) is 7.38. The Morgan fingerprint density at radius 3 is 2.09 bits per heavy atom. The molecule has 0 aromatic heterocycles. The molecule has 48 valence electrons. The molecule has 0 atom stereocenters. The third kappa shape index (κ3) is 5.54. The Bertz CT molecular complexity index is 160. The fourth-order valence-corrected chi connectivity index (χ4v) is 0.756. The maximum atomic E-state index is 3.73. The summed E-state index contributed by atoms with van der Waals surface area (Å²) in [6.07, 6.45) is 2.96. The van der Waals surface area contributed by atoms with E-state index in [4.69, 9.17) is 0 Å². The van der Waals surface area contributed by atoms with Crippen LogP contribution in [0.25, 0.3) is 0 Å². The second-order valence-electron chi connectivity index (χ2n) is 1.90. The molecule has 0 spiro atoms. The van der Waals surface area contributed by atoms with E-state index in [9.17, 15) is 0 Å². The molecular weight excluding hydrogens is 122 g/mol. The SMILES string of the molecule is [CH2-]C[CH-]c1ccccc1.[Li+].[Li+]. The first-order valence-corrected chi connectivity index (χ1v) is 3.11.